The van der Waals surface area contributed by atoms with Crippen molar-refractivity contribution in [1.82, 2.24) is 30.0 Å². The molecule has 0 radical (unpaired) electrons. The smallest absolute Gasteiger partial charge is 0.325 e. The average molecular weight is 499 g/mol. The van der Waals surface area contributed by atoms with Gasteiger partial charge < -0.3 is 24.8 Å². The molecule has 0 saturated carbocycles. The van der Waals surface area contributed by atoms with Crippen LogP contribution in [-0.2, 0) is 0 Å². The number of ether oxygens (including phenoxy) is 1. The summed E-state index contributed by atoms with van der Waals surface area (Å²) >= 11 is 0. The van der Waals surface area contributed by atoms with Gasteiger partial charge in [0.05, 0.1) is 11.2 Å². The number of aryl methyl sites for hydroxylation is 1. The molecule has 188 valence electrons. The summed E-state index contributed by atoms with van der Waals surface area (Å²) in [5.74, 6) is 1.82. The Bertz CT molecular complexity index is 1540. The first-order chi connectivity index (χ1) is 18.0. The number of fused-ring (bicyclic) bond motifs is 1. The van der Waals surface area contributed by atoms with Gasteiger partial charge in [0, 0.05) is 55.5 Å². The maximum atomic E-state index is 14.7. The quantitative estimate of drug-likeness (QED) is 0.300. The largest absolute Gasteiger partial charge is 0.424 e. The summed E-state index contributed by atoms with van der Waals surface area (Å²) in [7, 11) is 2.11. The Morgan fingerprint density at radius 2 is 1.76 bits per heavy atom. The summed E-state index contributed by atoms with van der Waals surface area (Å²) in [6.45, 7) is 5.40. The zero-order valence-corrected chi connectivity index (χ0v) is 20.6. The lowest BCUT2D eigenvalue weighted by Gasteiger charge is -2.33. The van der Waals surface area contributed by atoms with Crippen molar-refractivity contribution in [2.75, 3.05) is 43.4 Å². The number of anilines is 3. The van der Waals surface area contributed by atoms with Crippen LogP contribution in [0.4, 0.5) is 21.8 Å². The van der Waals surface area contributed by atoms with Gasteiger partial charge in [-0.05, 0) is 31.7 Å². The predicted octanol–water partition coefficient (Wildman–Crippen LogP) is 5.08. The minimum absolute atomic E-state index is 0.128. The number of rotatable bonds is 6. The first kappa shape index (κ1) is 23.0. The molecule has 2 aromatic carbocycles. The zero-order valence-electron chi connectivity index (χ0n) is 20.6. The van der Waals surface area contributed by atoms with Crippen molar-refractivity contribution < 1.29 is 9.13 Å². The molecule has 0 aliphatic carbocycles. The number of aromatic nitrogens is 5. The van der Waals surface area contributed by atoms with Crippen LogP contribution < -0.4 is 15.0 Å². The van der Waals surface area contributed by atoms with E-state index in [1.807, 2.05) is 55.5 Å². The molecule has 0 spiro atoms. The fraction of sp³-hybridized carbons (Fsp3) is 0.222. The van der Waals surface area contributed by atoms with Gasteiger partial charge in [0.25, 0.3) is 0 Å². The van der Waals surface area contributed by atoms with E-state index >= 15 is 0 Å². The molecule has 4 heterocycles. The first-order valence-electron chi connectivity index (χ1n) is 12.2. The van der Waals surface area contributed by atoms with Gasteiger partial charge in [-0.15, -0.1) is 0 Å². The molecular formula is C27H27FN8O. The summed E-state index contributed by atoms with van der Waals surface area (Å²) in [5.41, 5.74) is 3.25. The van der Waals surface area contributed by atoms with Gasteiger partial charge in [-0.1, -0.05) is 30.3 Å². The minimum Gasteiger partial charge on any atom is -0.424 e. The lowest BCUT2D eigenvalue weighted by atomic mass is 10.2. The van der Waals surface area contributed by atoms with Crippen LogP contribution in [0.2, 0.25) is 0 Å². The van der Waals surface area contributed by atoms with Gasteiger partial charge in [0.2, 0.25) is 0 Å². The number of piperazine rings is 1. The molecule has 0 unspecified atom stereocenters. The van der Waals surface area contributed by atoms with E-state index in [1.165, 1.54) is 6.07 Å². The fourth-order valence-corrected chi connectivity index (χ4v) is 4.48. The van der Waals surface area contributed by atoms with Crippen LogP contribution in [0.3, 0.4) is 0 Å². The molecule has 1 fully saturated rings. The highest BCUT2D eigenvalue weighted by Crippen LogP contribution is 2.30. The van der Waals surface area contributed by atoms with Crippen molar-refractivity contribution in [2.45, 2.75) is 6.92 Å². The molecule has 10 heteroatoms. The van der Waals surface area contributed by atoms with E-state index in [0.717, 1.165) is 54.3 Å². The molecule has 1 saturated heterocycles. The molecule has 1 aliphatic rings. The summed E-state index contributed by atoms with van der Waals surface area (Å²) in [6.07, 6.45) is 0. The standard InChI is InChI=1S/C27H27FN8O/c1-17-12-19-13-20(14-21(28)26(19)29-17)37-27-31-23(16-25(32-27)36-10-8-35(2)9-11-36)30-24-15-22(33-34-24)18-6-4-3-5-7-18/h3-7,12-16,29H,8-11H2,1-2H3,(H2,30,31,32,33,34). The maximum Gasteiger partial charge on any atom is 0.325 e. The van der Waals surface area contributed by atoms with E-state index < -0.39 is 0 Å². The molecule has 3 N–H and O–H groups in total. The van der Waals surface area contributed by atoms with Crippen LogP contribution in [-0.4, -0.2) is 63.3 Å². The van der Waals surface area contributed by atoms with E-state index in [2.05, 4.69) is 47.3 Å². The Balaban J connectivity index is 1.32. The van der Waals surface area contributed by atoms with E-state index in [1.54, 1.807) is 6.07 Å². The van der Waals surface area contributed by atoms with E-state index in [9.17, 15) is 4.39 Å². The molecule has 9 nitrogen and oxygen atoms in total. The summed E-state index contributed by atoms with van der Waals surface area (Å²) in [5, 5.41) is 11.4. The third-order valence-electron chi connectivity index (χ3n) is 6.44. The monoisotopic (exact) mass is 498 g/mol. The Kier molecular flexibility index (Phi) is 5.93. The number of nitrogens with one attached hydrogen (secondary N) is 3. The zero-order chi connectivity index (χ0) is 25.4. The third kappa shape index (κ3) is 4.96. The molecule has 0 atom stereocenters. The second-order valence-electron chi connectivity index (χ2n) is 9.27. The van der Waals surface area contributed by atoms with E-state index in [0.29, 0.717) is 22.9 Å². The topological polar surface area (TPSA) is 98.0 Å². The van der Waals surface area contributed by atoms with Crippen LogP contribution in [0.5, 0.6) is 11.8 Å². The number of halogens is 1. The highest BCUT2D eigenvalue weighted by Gasteiger charge is 2.19. The summed E-state index contributed by atoms with van der Waals surface area (Å²) < 4.78 is 20.7. The maximum absolute atomic E-state index is 14.7. The van der Waals surface area contributed by atoms with Gasteiger partial charge >= 0.3 is 6.01 Å². The Labute approximate surface area is 213 Å². The molecule has 37 heavy (non-hydrogen) atoms. The van der Waals surface area contributed by atoms with E-state index in [4.69, 9.17) is 4.74 Å². The number of aromatic amines is 2. The highest BCUT2D eigenvalue weighted by atomic mass is 19.1. The van der Waals surface area contributed by atoms with Crippen LogP contribution in [0, 0.1) is 12.7 Å². The van der Waals surface area contributed by atoms with Gasteiger partial charge in [0.1, 0.15) is 17.4 Å². The molecule has 0 bridgehead atoms. The lowest BCUT2D eigenvalue weighted by Crippen LogP contribution is -2.44. The number of benzene rings is 2. The molecule has 0 amide bonds. The van der Waals surface area contributed by atoms with E-state index in [-0.39, 0.29) is 11.8 Å². The highest BCUT2D eigenvalue weighted by molar-refractivity contribution is 5.82. The van der Waals surface area contributed by atoms with Crippen LogP contribution >= 0.6 is 0 Å². The van der Waals surface area contributed by atoms with Crippen molar-refractivity contribution in [3.05, 3.63) is 72.2 Å². The predicted molar refractivity (Wildman–Crippen MR) is 142 cm³/mol. The van der Waals surface area contributed by atoms with Gasteiger partial charge in [-0.25, -0.2) is 4.39 Å². The van der Waals surface area contributed by atoms with Crippen molar-refractivity contribution >= 4 is 28.4 Å². The summed E-state index contributed by atoms with van der Waals surface area (Å²) in [6, 6.07) is 18.9. The third-order valence-corrected chi connectivity index (χ3v) is 6.44. The Morgan fingerprint density at radius 3 is 2.57 bits per heavy atom. The molecule has 1 aliphatic heterocycles. The second kappa shape index (κ2) is 9.55. The minimum atomic E-state index is -0.390. The van der Waals surface area contributed by atoms with Crippen LogP contribution in [0.1, 0.15) is 5.69 Å². The Morgan fingerprint density at radius 1 is 0.946 bits per heavy atom. The number of nitrogens with zero attached hydrogens (tertiary/aromatic N) is 5. The van der Waals surface area contributed by atoms with Gasteiger partial charge in [0.15, 0.2) is 11.6 Å². The van der Waals surface area contributed by atoms with Crippen molar-refractivity contribution in [3.8, 4) is 23.0 Å². The molecule has 6 rings (SSSR count). The molecule has 5 aromatic rings. The van der Waals surface area contributed by atoms with Crippen molar-refractivity contribution in [2.24, 2.45) is 0 Å². The van der Waals surface area contributed by atoms with Gasteiger partial charge in [-0.2, -0.15) is 15.1 Å². The number of H-pyrrole nitrogens is 2. The van der Waals surface area contributed by atoms with Crippen molar-refractivity contribution in [1.29, 1.82) is 0 Å². The average Bonchev–Trinajstić information content (AvgIpc) is 3.51. The van der Waals surface area contributed by atoms with Crippen LogP contribution in [0.25, 0.3) is 22.2 Å². The number of hydrogen-bond acceptors (Lipinski definition) is 7. The first-order valence-corrected chi connectivity index (χ1v) is 12.2. The summed E-state index contributed by atoms with van der Waals surface area (Å²) in [4.78, 5) is 16.7. The van der Waals surface area contributed by atoms with Crippen molar-refractivity contribution in [3.63, 3.8) is 0 Å². The number of hydrogen-bond donors (Lipinski definition) is 3. The second-order valence-corrected chi connectivity index (χ2v) is 9.27. The molecule has 3 aromatic heterocycles. The SMILES string of the molecule is Cc1cc2cc(Oc3nc(Nc4cc(-c5ccccc5)[nH]n4)cc(N4CCN(C)CC4)n3)cc(F)c2[nH]1. The Hall–Kier alpha value is -4.44. The fourth-order valence-electron chi connectivity index (χ4n) is 4.48. The lowest BCUT2D eigenvalue weighted by molar-refractivity contribution is 0.311. The van der Waals surface area contributed by atoms with Gasteiger partial charge in [-0.3, -0.25) is 5.10 Å². The number of likely N-dealkylation sites (N-methyl/N-ethyl adjacent to an activating group) is 1. The molecular weight excluding hydrogens is 471 g/mol. The normalized spacial score (nSPS) is 14.3. The van der Waals surface area contributed by atoms with Crippen LogP contribution in [0.15, 0.2) is 60.7 Å².